The number of anilines is 1. The molecule has 0 fully saturated rings. The van der Waals surface area contributed by atoms with E-state index in [1.165, 1.54) is 35.6 Å². The predicted molar refractivity (Wildman–Crippen MR) is 89.9 cm³/mol. The molecule has 0 aliphatic rings. The summed E-state index contributed by atoms with van der Waals surface area (Å²) in [5, 5.41) is 3.55. The third-order valence-electron chi connectivity index (χ3n) is 3.32. The monoisotopic (exact) mass is 329 g/mol. The molecule has 2 heterocycles. The van der Waals surface area contributed by atoms with Crippen LogP contribution in [0, 0.1) is 5.82 Å². The Hall–Kier alpha value is -2.47. The molecule has 0 saturated heterocycles. The van der Waals surface area contributed by atoms with Gasteiger partial charge in [-0.25, -0.2) is 9.37 Å². The Bertz CT molecular complexity index is 807. The molecule has 0 unspecified atom stereocenters. The number of nitrogens with one attached hydrogen (secondary N) is 1. The van der Waals surface area contributed by atoms with E-state index in [4.69, 9.17) is 0 Å². The minimum absolute atomic E-state index is 0.129. The number of aromatic nitrogens is 2. The molecule has 1 aromatic carbocycles. The Labute approximate surface area is 137 Å². The maximum absolute atomic E-state index is 13.0. The van der Waals surface area contributed by atoms with Gasteiger partial charge in [-0.15, -0.1) is 0 Å². The lowest BCUT2D eigenvalue weighted by molar-refractivity contribution is 0.102. The van der Waals surface area contributed by atoms with E-state index in [1.807, 2.05) is 42.9 Å². The van der Waals surface area contributed by atoms with Crippen LogP contribution in [0.25, 0.3) is 5.13 Å². The van der Waals surface area contributed by atoms with Crippen LogP contribution in [0.15, 0.2) is 48.8 Å². The Kier molecular flexibility index (Phi) is 4.25. The maximum atomic E-state index is 13.0. The molecule has 118 valence electrons. The molecule has 4 nitrogen and oxygen atoms in total. The highest BCUT2D eigenvalue weighted by Gasteiger charge is 2.21. The lowest BCUT2D eigenvalue weighted by atomic mass is 10.1. The molecule has 2 aromatic heterocycles. The average molecular weight is 329 g/mol. The molecule has 0 saturated carbocycles. The van der Waals surface area contributed by atoms with E-state index in [0.29, 0.717) is 10.6 Å². The summed E-state index contributed by atoms with van der Waals surface area (Å²) in [4.78, 5) is 17.7. The second-order valence-corrected chi connectivity index (χ2v) is 6.39. The normalized spacial score (nSPS) is 11.0. The second kappa shape index (κ2) is 6.34. The van der Waals surface area contributed by atoms with Crippen molar-refractivity contribution in [2.24, 2.45) is 0 Å². The van der Waals surface area contributed by atoms with Gasteiger partial charge in [0.25, 0.3) is 5.91 Å². The Balaban J connectivity index is 1.91. The van der Waals surface area contributed by atoms with Gasteiger partial charge in [0.2, 0.25) is 0 Å². The Morgan fingerprint density at radius 2 is 1.87 bits per heavy atom. The minimum atomic E-state index is -0.335. The van der Waals surface area contributed by atoms with Crippen molar-refractivity contribution in [3.05, 3.63) is 65.2 Å². The number of hydrogen-bond acceptors (Lipinski definition) is 3. The largest absolute Gasteiger partial charge is 0.321 e. The third kappa shape index (κ3) is 3.32. The number of carbonyl (C=O) groups excluding carboxylic acids is 1. The van der Waals surface area contributed by atoms with Crippen molar-refractivity contribution in [1.29, 1.82) is 0 Å². The quantitative estimate of drug-likeness (QED) is 0.769. The number of rotatable bonds is 4. The van der Waals surface area contributed by atoms with Crippen LogP contribution in [0.2, 0.25) is 0 Å². The van der Waals surface area contributed by atoms with Crippen LogP contribution in [-0.2, 0) is 0 Å². The summed E-state index contributed by atoms with van der Waals surface area (Å²) >= 11 is 1.34. The van der Waals surface area contributed by atoms with Crippen molar-refractivity contribution in [3.8, 4) is 5.13 Å². The fourth-order valence-electron chi connectivity index (χ4n) is 2.17. The van der Waals surface area contributed by atoms with Crippen LogP contribution in [0.5, 0.6) is 0 Å². The lowest BCUT2D eigenvalue weighted by Gasteiger charge is -2.06. The predicted octanol–water partition coefficient (Wildman–Crippen LogP) is 4.45. The van der Waals surface area contributed by atoms with Crippen molar-refractivity contribution in [3.63, 3.8) is 0 Å². The standard InChI is InChI=1S/C17H16FN3OS/c1-11(2)14-15(23-17(20-14)21-9-3-4-10-21)16(22)19-13-7-5-12(18)6-8-13/h3-11H,1-2H3,(H,19,22). The first-order valence-corrected chi connectivity index (χ1v) is 8.07. The van der Waals surface area contributed by atoms with Crippen molar-refractivity contribution in [2.75, 3.05) is 5.32 Å². The molecule has 0 aliphatic carbocycles. The van der Waals surface area contributed by atoms with Crippen molar-refractivity contribution < 1.29 is 9.18 Å². The number of hydrogen-bond donors (Lipinski definition) is 1. The van der Waals surface area contributed by atoms with E-state index in [2.05, 4.69) is 10.3 Å². The van der Waals surface area contributed by atoms with E-state index in [9.17, 15) is 9.18 Å². The topological polar surface area (TPSA) is 46.9 Å². The molecule has 0 atom stereocenters. The number of benzene rings is 1. The van der Waals surface area contributed by atoms with Crippen LogP contribution in [0.4, 0.5) is 10.1 Å². The SMILES string of the molecule is CC(C)c1nc(-n2cccc2)sc1C(=O)Nc1ccc(F)cc1. The number of amides is 1. The number of halogens is 1. The summed E-state index contributed by atoms with van der Waals surface area (Å²) in [5.74, 6) is -0.431. The zero-order valence-electron chi connectivity index (χ0n) is 12.8. The van der Waals surface area contributed by atoms with E-state index in [-0.39, 0.29) is 17.6 Å². The fraction of sp³-hybridized carbons (Fsp3) is 0.176. The first-order chi connectivity index (χ1) is 11.0. The molecule has 0 bridgehead atoms. The molecular weight excluding hydrogens is 313 g/mol. The minimum Gasteiger partial charge on any atom is -0.321 e. The third-order valence-corrected chi connectivity index (χ3v) is 4.41. The van der Waals surface area contributed by atoms with Crippen molar-refractivity contribution in [2.45, 2.75) is 19.8 Å². The van der Waals surface area contributed by atoms with Gasteiger partial charge in [0.15, 0.2) is 5.13 Å². The molecule has 0 radical (unpaired) electrons. The molecule has 0 spiro atoms. The van der Waals surface area contributed by atoms with E-state index >= 15 is 0 Å². The molecule has 6 heteroatoms. The van der Waals surface area contributed by atoms with E-state index < -0.39 is 0 Å². The molecule has 3 rings (SSSR count). The van der Waals surface area contributed by atoms with E-state index in [1.54, 1.807) is 0 Å². The van der Waals surface area contributed by atoms with Gasteiger partial charge in [-0.3, -0.25) is 4.79 Å². The maximum Gasteiger partial charge on any atom is 0.267 e. The number of carbonyl (C=O) groups is 1. The molecule has 1 amide bonds. The first-order valence-electron chi connectivity index (χ1n) is 7.25. The Morgan fingerprint density at radius 1 is 1.22 bits per heavy atom. The van der Waals surface area contributed by atoms with Crippen LogP contribution < -0.4 is 5.32 Å². The van der Waals surface area contributed by atoms with Crippen molar-refractivity contribution >= 4 is 22.9 Å². The van der Waals surface area contributed by atoms with Gasteiger partial charge in [0.05, 0.1) is 5.69 Å². The molecule has 1 N–H and O–H groups in total. The van der Waals surface area contributed by atoms with Crippen LogP contribution in [0.3, 0.4) is 0 Å². The van der Waals surface area contributed by atoms with Gasteiger partial charge >= 0.3 is 0 Å². The molecular formula is C17H16FN3OS. The summed E-state index contributed by atoms with van der Waals surface area (Å²) in [5.41, 5.74) is 1.32. The van der Waals surface area contributed by atoms with Crippen LogP contribution in [0.1, 0.15) is 35.1 Å². The Morgan fingerprint density at radius 3 is 2.48 bits per heavy atom. The number of thiazole rings is 1. The van der Waals surface area contributed by atoms with Gasteiger partial charge in [-0.1, -0.05) is 25.2 Å². The summed E-state index contributed by atoms with van der Waals surface area (Å²) in [6.45, 7) is 4.01. The highest BCUT2D eigenvalue weighted by atomic mass is 32.1. The van der Waals surface area contributed by atoms with Gasteiger partial charge in [0, 0.05) is 18.1 Å². The second-order valence-electron chi connectivity index (χ2n) is 5.42. The van der Waals surface area contributed by atoms with E-state index in [0.717, 1.165) is 10.8 Å². The van der Waals surface area contributed by atoms with Crippen molar-refractivity contribution in [1.82, 2.24) is 9.55 Å². The summed E-state index contributed by atoms with van der Waals surface area (Å²) in [7, 11) is 0. The fourth-order valence-corrected chi connectivity index (χ4v) is 3.25. The molecule has 0 aliphatic heterocycles. The zero-order chi connectivity index (χ0) is 16.4. The highest BCUT2D eigenvalue weighted by molar-refractivity contribution is 7.16. The average Bonchev–Trinajstić information content (AvgIpc) is 3.18. The summed E-state index contributed by atoms with van der Waals surface area (Å²) in [6.07, 6.45) is 3.79. The molecule has 23 heavy (non-hydrogen) atoms. The van der Waals surface area contributed by atoms with Gasteiger partial charge in [0.1, 0.15) is 10.7 Å². The number of nitrogens with zero attached hydrogens (tertiary/aromatic N) is 2. The smallest absolute Gasteiger partial charge is 0.267 e. The van der Waals surface area contributed by atoms with Gasteiger partial charge < -0.3 is 9.88 Å². The van der Waals surface area contributed by atoms with Gasteiger partial charge in [-0.2, -0.15) is 0 Å². The van der Waals surface area contributed by atoms with Crippen LogP contribution in [-0.4, -0.2) is 15.5 Å². The van der Waals surface area contributed by atoms with Gasteiger partial charge in [-0.05, 0) is 42.3 Å². The lowest BCUT2D eigenvalue weighted by Crippen LogP contribution is -2.13. The summed E-state index contributed by atoms with van der Waals surface area (Å²) < 4.78 is 14.8. The summed E-state index contributed by atoms with van der Waals surface area (Å²) in [6, 6.07) is 9.53. The molecule has 3 aromatic rings. The first kappa shape index (κ1) is 15.4. The highest BCUT2D eigenvalue weighted by Crippen LogP contribution is 2.28. The van der Waals surface area contributed by atoms with Crippen LogP contribution >= 0.6 is 11.3 Å². The zero-order valence-corrected chi connectivity index (χ0v) is 13.6.